The zero-order valence-corrected chi connectivity index (χ0v) is 22.8. The summed E-state index contributed by atoms with van der Waals surface area (Å²) in [5, 5.41) is 16.9. The number of carboxylic acids is 1. The number of aliphatic carboxylic acids is 1. The Balaban J connectivity index is 1.78. The molecule has 1 aromatic carbocycles. The van der Waals surface area contributed by atoms with E-state index in [0.717, 1.165) is 91.3 Å². The summed E-state index contributed by atoms with van der Waals surface area (Å²) < 4.78 is 11.0. The van der Waals surface area contributed by atoms with Crippen LogP contribution in [0.25, 0.3) is 10.1 Å². The van der Waals surface area contributed by atoms with Crippen molar-refractivity contribution in [3.63, 3.8) is 0 Å². The Morgan fingerprint density at radius 1 is 0.842 bits per heavy atom. The molecule has 2 saturated carbocycles. The highest BCUT2D eigenvalue weighted by atomic mass is 32.1. The molecule has 2 aliphatic carbocycles. The van der Waals surface area contributed by atoms with Crippen LogP contribution in [0.4, 0.5) is 0 Å². The monoisotopic (exact) mass is 537 g/mol. The molecule has 2 aromatic rings. The number of benzene rings is 1. The number of allylic oxidation sites excluding steroid dienone is 2. The molecule has 1 aromatic heterocycles. The maximum Gasteiger partial charge on any atom is 0.339 e. The molecule has 0 spiro atoms. The third-order valence-corrected chi connectivity index (χ3v) is 9.48. The molecule has 8 heteroatoms. The number of carbonyl (C=O) groups is 3. The molecule has 7 nitrogen and oxygen atoms in total. The number of hydrogen-bond donors (Lipinski definition) is 2. The van der Waals surface area contributed by atoms with Gasteiger partial charge < -0.3 is 19.9 Å². The molecule has 3 aliphatic rings. The zero-order valence-electron chi connectivity index (χ0n) is 22.0. The second kappa shape index (κ2) is 11.3. The van der Waals surface area contributed by atoms with Gasteiger partial charge in [-0.25, -0.2) is 14.4 Å². The van der Waals surface area contributed by atoms with Crippen molar-refractivity contribution in [3.8, 4) is 0 Å². The highest BCUT2D eigenvalue weighted by Crippen LogP contribution is 2.49. The van der Waals surface area contributed by atoms with Crippen molar-refractivity contribution in [2.45, 2.75) is 70.1 Å². The maximum absolute atomic E-state index is 13.5. The van der Waals surface area contributed by atoms with Gasteiger partial charge in [-0.15, -0.1) is 11.3 Å². The molecule has 0 radical (unpaired) electrons. The minimum absolute atomic E-state index is 0.102. The fourth-order valence-electron chi connectivity index (χ4n) is 6.62. The van der Waals surface area contributed by atoms with Gasteiger partial charge in [0, 0.05) is 16.1 Å². The van der Waals surface area contributed by atoms with E-state index >= 15 is 0 Å². The number of dihydropyridines is 1. The molecule has 2 heterocycles. The fourth-order valence-corrected chi connectivity index (χ4v) is 7.72. The number of ether oxygens (including phenoxy) is 2. The second-order valence-electron chi connectivity index (χ2n) is 10.5. The Hall–Kier alpha value is -3.13. The summed E-state index contributed by atoms with van der Waals surface area (Å²) in [6, 6.07) is 5.38. The topological polar surface area (TPSA) is 102 Å². The van der Waals surface area contributed by atoms with Crippen molar-refractivity contribution in [3.05, 3.63) is 57.2 Å². The van der Waals surface area contributed by atoms with Gasteiger partial charge >= 0.3 is 17.9 Å². The number of methoxy groups -OCH3 is 2. The van der Waals surface area contributed by atoms with E-state index in [1.165, 1.54) is 25.6 Å². The number of nitrogens with one attached hydrogen (secondary N) is 1. The molecule has 0 amide bonds. The molecule has 5 rings (SSSR count). The van der Waals surface area contributed by atoms with Crippen LogP contribution >= 0.6 is 11.3 Å². The van der Waals surface area contributed by atoms with Crippen molar-refractivity contribution in [2.75, 3.05) is 14.2 Å². The largest absolute Gasteiger partial charge is 0.478 e. The van der Waals surface area contributed by atoms with E-state index in [4.69, 9.17) is 9.47 Å². The summed E-state index contributed by atoms with van der Waals surface area (Å²) in [4.78, 5) is 39.1. The molecule has 202 valence electrons. The predicted molar refractivity (Wildman–Crippen MR) is 146 cm³/mol. The van der Waals surface area contributed by atoms with Crippen molar-refractivity contribution < 1.29 is 29.0 Å². The number of fused-ring (bicyclic) bond motifs is 1. The van der Waals surface area contributed by atoms with Crippen LogP contribution < -0.4 is 5.32 Å². The molecular formula is C30H35NO6S. The van der Waals surface area contributed by atoms with Crippen molar-refractivity contribution in [2.24, 2.45) is 11.8 Å². The van der Waals surface area contributed by atoms with Crippen LogP contribution in [0.5, 0.6) is 0 Å². The average Bonchev–Trinajstić information content (AvgIpc) is 3.40. The number of thiophene rings is 1. The summed E-state index contributed by atoms with van der Waals surface area (Å²) in [7, 11) is 2.70. The number of carboxylic acid groups (broad SMARTS) is 1. The molecular weight excluding hydrogens is 502 g/mol. The lowest BCUT2D eigenvalue weighted by atomic mass is 9.72. The summed E-state index contributed by atoms with van der Waals surface area (Å²) in [5.74, 6) is -2.53. The van der Waals surface area contributed by atoms with Crippen LogP contribution in [0, 0.1) is 11.8 Å². The van der Waals surface area contributed by atoms with Gasteiger partial charge in [-0.2, -0.15) is 0 Å². The third kappa shape index (κ3) is 4.75. The standard InChI is InChI=1S/C30H35NO6S/c1-36-29(34)20-15-9-14-19-21(16-38-27(19)20)22-23(28(32)33)25(17-10-5-3-6-11-17)31-26(24(22)30(35)37-2)18-12-7-4-8-13-18/h9,14-18,22,31H,3-8,10-13H2,1-2H3,(H,32,33). The number of rotatable bonds is 6. The summed E-state index contributed by atoms with van der Waals surface area (Å²) in [6.45, 7) is 0. The van der Waals surface area contributed by atoms with Gasteiger partial charge in [0.15, 0.2) is 0 Å². The second-order valence-corrected chi connectivity index (χ2v) is 11.4. The fraction of sp³-hybridized carbons (Fsp3) is 0.500. The molecule has 2 fully saturated rings. The minimum Gasteiger partial charge on any atom is -0.478 e. The lowest BCUT2D eigenvalue weighted by Gasteiger charge is -2.39. The van der Waals surface area contributed by atoms with Crippen LogP contribution in [0.15, 0.2) is 46.1 Å². The highest BCUT2D eigenvalue weighted by Gasteiger charge is 2.43. The number of esters is 2. The van der Waals surface area contributed by atoms with E-state index in [1.807, 2.05) is 11.4 Å². The minimum atomic E-state index is -1.03. The molecule has 0 bridgehead atoms. The molecule has 1 unspecified atom stereocenters. The van der Waals surface area contributed by atoms with E-state index in [2.05, 4.69) is 5.32 Å². The highest BCUT2D eigenvalue weighted by molar-refractivity contribution is 7.17. The molecule has 1 atom stereocenters. The molecule has 0 saturated heterocycles. The summed E-state index contributed by atoms with van der Waals surface area (Å²) in [5.41, 5.74) is 3.34. The van der Waals surface area contributed by atoms with Crippen molar-refractivity contribution in [1.82, 2.24) is 5.32 Å². The Kier molecular flexibility index (Phi) is 7.88. The van der Waals surface area contributed by atoms with Gasteiger partial charge in [0.05, 0.1) is 36.8 Å². The average molecular weight is 538 g/mol. The van der Waals surface area contributed by atoms with Gasteiger partial charge in [-0.1, -0.05) is 50.7 Å². The Morgan fingerprint density at radius 2 is 1.42 bits per heavy atom. The van der Waals surface area contributed by atoms with E-state index in [9.17, 15) is 19.5 Å². The SMILES string of the molecule is COC(=O)C1=C(C2CCCCC2)NC(C2CCCCC2)=C(C(=O)O)C1c1csc2c(C(=O)OC)cccc12. The Labute approximate surface area is 226 Å². The molecule has 1 aliphatic heterocycles. The van der Waals surface area contributed by atoms with Crippen LogP contribution in [0.1, 0.15) is 86.0 Å². The number of carbonyl (C=O) groups excluding carboxylic acids is 2. The number of hydrogen-bond acceptors (Lipinski definition) is 7. The third-order valence-electron chi connectivity index (χ3n) is 8.44. The first kappa shape index (κ1) is 26.5. The maximum atomic E-state index is 13.5. The normalized spacial score (nSPS) is 21.4. The van der Waals surface area contributed by atoms with Gasteiger partial charge in [0.2, 0.25) is 0 Å². The van der Waals surface area contributed by atoms with E-state index in [-0.39, 0.29) is 17.4 Å². The zero-order chi connectivity index (χ0) is 26.8. The first-order chi connectivity index (χ1) is 18.5. The van der Waals surface area contributed by atoms with E-state index in [0.29, 0.717) is 11.1 Å². The van der Waals surface area contributed by atoms with Crippen LogP contribution in [-0.2, 0) is 19.1 Å². The summed E-state index contributed by atoms with van der Waals surface area (Å²) in [6.07, 6.45) is 10.3. The molecule has 38 heavy (non-hydrogen) atoms. The van der Waals surface area contributed by atoms with Gasteiger partial charge in [-0.3, -0.25) is 0 Å². The lowest BCUT2D eigenvalue weighted by Crippen LogP contribution is -2.39. The van der Waals surface area contributed by atoms with E-state index in [1.54, 1.807) is 12.1 Å². The first-order valence-electron chi connectivity index (χ1n) is 13.6. The van der Waals surface area contributed by atoms with Crippen LogP contribution in [-0.4, -0.2) is 37.2 Å². The predicted octanol–water partition coefficient (Wildman–Crippen LogP) is 6.30. The molecule has 2 N–H and O–H groups in total. The first-order valence-corrected chi connectivity index (χ1v) is 14.5. The van der Waals surface area contributed by atoms with Crippen LogP contribution in [0.3, 0.4) is 0 Å². The van der Waals surface area contributed by atoms with Crippen molar-refractivity contribution in [1.29, 1.82) is 0 Å². The Bertz CT molecular complexity index is 1310. The summed E-state index contributed by atoms with van der Waals surface area (Å²) >= 11 is 1.38. The lowest BCUT2D eigenvalue weighted by molar-refractivity contribution is -0.136. The van der Waals surface area contributed by atoms with Crippen LogP contribution in [0.2, 0.25) is 0 Å². The van der Waals surface area contributed by atoms with Gasteiger partial charge in [-0.05, 0) is 59.9 Å². The van der Waals surface area contributed by atoms with Gasteiger partial charge in [0.1, 0.15) is 0 Å². The smallest absolute Gasteiger partial charge is 0.339 e. The van der Waals surface area contributed by atoms with Crippen molar-refractivity contribution >= 4 is 39.3 Å². The van der Waals surface area contributed by atoms with E-state index < -0.39 is 23.8 Å². The van der Waals surface area contributed by atoms with Gasteiger partial charge in [0.25, 0.3) is 0 Å². The quantitative estimate of drug-likeness (QED) is 0.417. The Morgan fingerprint density at radius 3 is 1.97 bits per heavy atom.